The average Bonchev–Trinajstić information content (AvgIpc) is 2.64. The van der Waals surface area contributed by atoms with Crippen molar-refractivity contribution in [3.8, 4) is 0 Å². The molecule has 20 heavy (non-hydrogen) atoms. The Morgan fingerprint density at radius 1 is 1.25 bits per heavy atom. The van der Waals surface area contributed by atoms with Crippen molar-refractivity contribution in [3.05, 3.63) is 23.8 Å². The molecule has 1 saturated heterocycles. The predicted molar refractivity (Wildman–Crippen MR) is 80.0 cm³/mol. The Labute approximate surface area is 120 Å². The van der Waals surface area contributed by atoms with E-state index in [1.807, 2.05) is 18.2 Å². The number of hydrogen-bond acceptors (Lipinski definition) is 3. The number of benzene rings is 1. The van der Waals surface area contributed by atoms with Gasteiger partial charge in [-0.15, -0.1) is 0 Å². The van der Waals surface area contributed by atoms with E-state index in [1.165, 1.54) is 12.8 Å². The third-order valence-corrected chi connectivity index (χ3v) is 4.72. The van der Waals surface area contributed by atoms with E-state index >= 15 is 0 Å². The lowest BCUT2D eigenvalue weighted by Gasteiger charge is -2.38. The van der Waals surface area contributed by atoms with Crippen LogP contribution >= 0.6 is 0 Å². The van der Waals surface area contributed by atoms with E-state index in [2.05, 4.69) is 18.7 Å². The Hall–Kier alpha value is -1.55. The molecule has 2 aliphatic rings. The highest BCUT2D eigenvalue weighted by atomic mass is 16.3. The number of carbonyl (C=O) groups is 1. The SMILES string of the molecule is CN1C(=O)C(O)c2ccc(N3CCC(C)(C)CC3)cc21. The van der Waals surface area contributed by atoms with E-state index in [0.717, 1.165) is 30.0 Å². The van der Waals surface area contributed by atoms with Crippen LogP contribution in [-0.2, 0) is 4.79 Å². The maximum atomic E-state index is 11.8. The quantitative estimate of drug-likeness (QED) is 0.854. The molecule has 1 amide bonds. The molecule has 4 heteroatoms. The van der Waals surface area contributed by atoms with Crippen LogP contribution in [0.3, 0.4) is 0 Å². The van der Waals surface area contributed by atoms with E-state index in [-0.39, 0.29) is 5.91 Å². The van der Waals surface area contributed by atoms with Gasteiger partial charge in [0.1, 0.15) is 0 Å². The van der Waals surface area contributed by atoms with Gasteiger partial charge in [-0.25, -0.2) is 0 Å². The molecule has 1 atom stereocenters. The van der Waals surface area contributed by atoms with Crippen molar-refractivity contribution in [1.29, 1.82) is 0 Å². The van der Waals surface area contributed by atoms with E-state index in [0.29, 0.717) is 5.41 Å². The molecule has 0 saturated carbocycles. The number of amides is 1. The largest absolute Gasteiger partial charge is 0.378 e. The number of likely N-dealkylation sites (N-methyl/N-ethyl adjacent to an activating group) is 1. The number of aliphatic hydroxyl groups is 1. The molecule has 1 N–H and O–H groups in total. The second-order valence-electron chi connectivity index (χ2n) is 6.69. The molecule has 1 fully saturated rings. The normalized spacial score (nSPS) is 25.0. The van der Waals surface area contributed by atoms with Gasteiger partial charge < -0.3 is 14.9 Å². The number of carbonyl (C=O) groups excluding carboxylic acids is 1. The summed E-state index contributed by atoms with van der Waals surface area (Å²) in [5.74, 6) is -0.239. The van der Waals surface area contributed by atoms with Crippen LogP contribution in [0.25, 0.3) is 0 Å². The standard InChI is InChI=1S/C16H22N2O2/c1-16(2)6-8-18(9-7-16)11-4-5-12-13(10-11)17(3)15(20)14(12)19/h4-5,10,14,19H,6-9H2,1-3H3. The first-order chi connectivity index (χ1) is 9.39. The van der Waals surface area contributed by atoms with Gasteiger partial charge in [-0.2, -0.15) is 0 Å². The molecule has 1 unspecified atom stereocenters. The van der Waals surface area contributed by atoms with Gasteiger partial charge in [-0.05, 0) is 30.4 Å². The zero-order chi connectivity index (χ0) is 14.5. The van der Waals surface area contributed by atoms with Crippen LogP contribution in [0.4, 0.5) is 11.4 Å². The molecule has 0 aliphatic carbocycles. The van der Waals surface area contributed by atoms with Crippen LogP contribution in [0, 0.1) is 5.41 Å². The van der Waals surface area contributed by atoms with E-state index in [4.69, 9.17) is 0 Å². The minimum atomic E-state index is -0.996. The average molecular weight is 274 g/mol. The molecule has 2 aliphatic heterocycles. The fourth-order valence-electron chi connectivity index (χ4n) is 3.06. The van der Waals surface area contributed by atoms with Crippen molar-refractivity contribution in [2.24, 2.45) is 5.41 Å². The van der Waals surface area contributed by atoms with Crippen LogP contribution in [0.5, 0.6) is 0 Å². The summed E-state index contributed by atoms with van der Waals surface area (Å²) in [5, 5.41) is 9.89. The molecule has 1 aromatic rings. The zero-order valence-electron chi connectivity index (χ0n) is 12.4. The Morgan fingerprint density at radius 2 is 1.90 bits per heavy atom. The fourth-order valence-corrected chi connectivity index (χ4v) is 3.06. The number of nitrogens with zero attached hydrogens (tertiary/aromatic N) is 2. The van der Waals surface area contributed by atoms with Gasteiger partial charge in [0, 0.05) is 31.4 Å². The zero-order valence-corrected chi connectivity index (χ0v) is 12.4. The topological polar surface area (TPSA) is 43.8 Å². The molecule has 4 nitrogen and oxygen atoms in total. The molecular formula is C16H22N2O2. The molecule has 0 spiro atoms. The summed E-state index contributed by atoms with van der Waals surface area (Å²) in [6, 6.07) is 5.94. The van der Waals surface area contributed by atoms with E-state index in [9.17, 15) is 9.90 Å². The lowest BCUT2D eigenvalue weighted by Crippen LogP contribution is -2.37. The minimum absolute atomic E-state index is 0.239. The monoisotopic (exact) mass is 274 g/mol. The highest BCUT2D eigenvalue weighted by molar-refractivity contribution is 6.03. The van der Waals surface area contributed by atoms with Crippen molar-refractivity contribution in [2.75, 3.05) is 29.9 Å². The Balaban J connectivity index is 1.86. The van der Waals surface area contributed by atoms with E-state index < -0.39 is 6.10 Å². The van der Waals surface area contributed by atoms with Crippen LogP contribution in [0.1, 0.15) is 38.4 Å². The lowest BCUT2D eigenvalue weighted by molar-refractivity contribution is -0.125. The maximum Gasteiger partial charge on any atom is 0.260 e. The first-order valence-corrected chi connectivity index (χ1v) is 7.24. The van der Waals surface area contributed by atoms with Crippen molar-refractivity contribution < 1.29 is 9.90 Å². The van der Waals surface area contributed by atoms with Crippen LogP contribution < -0.4 is 9.80 Å². The summed E-state index contributed by atoms with van der Waals surface area (Å²) >= 11 is 0. The summed E-state index contributed by atoms with van der Waals surface area (Å²) < 4.78 is 0. The first kappa shape index (κ1) is 13.4. The summed E-state index contributed by atoms with van der Waals surface area (Å²) in [6.45, 7) is 6.73. The van der Waals surface area contributed by atoms with Gasteiger partial charge >= 0.3 is 0 Å². The second kappa shape index (κ2) is 4.48. The van der Waals surface area contributed by atoms with Crippen molar-refractivity contribution in [3.63, 3.8) is 0 Å². The smallest absolute Gasteiger partial charge is 0.260 e. The Bertz CT molecular complexity index is 543. The van der Waals surface area contributed by atoms with Crippen LogP contribution in [-0.4, -0.2) is 31.2 Å². The number of hydrogen-bond donors (Lipinski definition) is 1. The third kappa shape index (κ3) is 2.08. The summed E-state index contributed by atoms with van der Waals surface area (Å²) in [7, 11) is 1.72. The summed E-state index contributed by atoms with van der Waals surface area (Å²) in [6.07, 6.45) is 1.37. The lowest BCUT2D eigenvalue weighted by atomic mass is 9.82. The maximum absolute atomic E-state index is 11.8. The number of fused-ring (bicyclic) bond motifs is 1. The van der Waals surface area contributed by atoms with Gasteiger partial charge in [-0.3, -0.25) is 4.79 Å². The molecular weight excluding hydrogens is 252 g/mol. The number of anilines is 2. The van der Waals surface area contributed by atoms with Gasteiger partial charge in [0.2, 0.25) is 0 Å². The van der Waals surface area contributed by atoms with Gasteiger partial charge in [0.25, 0.3) is 5.91 Å². The minimum Gasteiger partial charge on any atom is -0.378 e. The molecule has 0 bridgehead atoms. The van der Waals surface area contributed by atoms with E-state index in [1.54, 1.807) is 11.9 Å². The number of aliphatic hydroxyl groups excluding tert-OH is 1. The second-order valence-corrected chi connectivity index (χ2v) is 6.69. The third-order valence-electron chi connectivity index (χ3n) is 4.72. The molecule has 108 valence electrons. The molecule has 3 rings (SSSR count). The van der Waals surface area contributed by atoms with Gasteiger partial charge in [-0.1, -0.05) is 19.9 Å². The van der Waals surface area contributed by atoms with Crippen molar-refractivity contribution in [2.45, 2.75) is 32.8 Å². The molecule has 2 heterocycles. The highest BCUT2D eigenvalue weighted by Crippen LogP contribution is 2.39. The van der Waals surface area contributed by atoms with Crippen LogP contribution in [0.15, 0.2) is 18.2 Å². The Morgan fingerprint density at radius 3 is 2.55 bits per heavy atom. The van der Waals surface area contributed by atoms with Crippen molar-refractivity contribution >= 4 is 17.3 Å². The summed E-state index contributed by atoms with van der Waals surface area (Å²) in [4.78, 5) is 15.7. The highest BCUT2D eigenvalue weighted by Gasteiger charge is 2.34. The fraction of sp³-hybridized carbons (Fsp3) is 0.562. The summed E-state index contributed by atoms with van der Waals surface area (Å²) in [5.41, 5.74) is 3.13. The predicted octanol–water partition coefficient (Wildman–Crippen LogP) is 2.32. The van der Waals surface area contributed by atoms with Gasteiger partial charge in [0.15, 0.2) is 6.10 Å². The number of piperidine rings is 1. The Kier molecular flexibility index (Phi) is 3.01. The van der Waals surface area contributed by atoms with Crippen LogP contribution in [0.2, 0.25) is 0 Å². The first-order valence-electron chi connectivity index (χ1n) is 7.24. The number of rotatable bonds is 1. The van der Waals surface area contributed by atoms with Crippen molar-refractivity contribution in [1.82, 2.24) is 0 Å². The molecule has 0 radical (unpaired) electrons. The molecule has 1 aromatic carbocycles. The molecule has 0 aromatic heterocycles. The van der Waals surface area contributed by atoms with Gasteiger partial charge in [0.05, 0.1) is 5.69 Å².